The lowest BCUT2D eigenvalue weighted by Gasteiger charge is -2.19. The zero-order chi connectivity index (χ0) is 13.8. The molecule has 1 saturated carbocycles. The fourth-order valence-corrected chi connectivity index (χ4v) is 2.75. The Hall–Kier alpha value is -1.30. The number of amides is 1. The van der Waals surface area contributed by atoms with Gasteiger partial charge < -0.3 is 16.3 Å². The molecule has 1 aliphatic carbocycles. The summed E-state index contributed by atoms with van der Waals surface area (Å²) in [5, 5.41) is 14.8. The van der Waals surface area contributed by atoms with Gasteiger partial charge in [-0.05, 0) is 25.7 Å². The van der Waals surface area contributed by atoms with Crippen LogP contribution in [0.1, 0.15) is 39.0 Å². The number of carbonyl (C=O) groups is 1. The maximum Gasteiger partial charge on any atom is 0.231 e. The highest BCUT2D eigenvalue weighted by atomic mass is 16.4. The molecule has 2 unspecified atom stereocenters. The zero-order valence-corrected chi connectivity index (χ0v) is 11.5. The van der Waals surface area contributed by atoms with E-state index in [0.717, 1.165) is 32.0 Å². The van der Waals surface area contributed by atoms with Crippen LogP contribution in [0, 0.1) is 5.92 Å². The molecule has 6 heteroatoms. The Bertz CT molecular complexity index is 355. The number of nitrogens with zero attached hydrogens (tertiary/aromatic N) is 2. The lowest BCUT2D eigenvalue weighted by molar-refractivity contribution is -0.123. The Kier molecular flexibility index (Phi) is 4.63. The average Bonchev–Trinajstić information content (AvgIpc) is 3.16. The van der Waals surface area contributed by atoms with E-state index in [4.69, 9.17) is 10.9 Å². The summed E-state index contributed by atoms with van der Waals surface area (Å²) in [6.45, 7) is 3.98. The third-order valence-electron chi connectivity index (χ3n) is 4.00. The lowest BCUT2D eigenvalue weighted by Crippen LogP contribution is -2.44. The summed E-state index contributed by atoms with van der Waals surface area (Å²) in [4.78, 5) is 14.6. The van der Waals surface area contributed by atoms with E-state index in [1.54, 1.807) is 0 Å². The monoisotopic (exact) mass is 268 g/mol. The van der Waals surface area contributed by atoms with Crippen LogP contribution in [-0.2, 0) is 4.79 Å². The number of hydrogen-bond acceptors (Lipinski definition) is 4. The SMILES string of the molecule is CCCC(C(=O)NC1CCN(C2CC2)C1)C(N)=NO. The Morgan fingerprint density at radius 1 is 1.53 bits per heavy atom. The van der Waals surface area contributed by atoms with E-state index < -0.39 is 5.92 Å². The zero-order valence-electron chi connectivity index (χ0n) is 11.5. The van der Waals surface area contributed by atoms with Crippen molar-refractivity contribution in [3.8, 4) is 0 Å². The molecule has 1 aliphatic heterocycles. The normalized spacial score (nSPS) is 26.4. The van der Waals surface area contributed by atoms with Crippen LogP contribution in [-0.4, -0.2) is 47.0 Å². The molecule has 0 bridgehead atoms. The summed E-state index contributed by atoms with van der Waals surface area (Å²) < 4.78 is 0. The van der Waals surface area contributed by atoms with Gasteiger partial charge in [-0.25, -0.2) is 0 Å². The number of amidine groups is 1. The quantitative estimate of drug-likeness (QED) is 0.283. The Labute approximate surface area is 114 Å². The molecule has 0 aromatic heterocycles. The van der Waals surface area contributed by atoms with Crippen LogP contribution in [0.4, 0.5) is 0 Å². The van der Waals surface area contributed by atoms with Crippen LogP contribution in [0.3, 0.4) is 0 Å². The summed E-state index contributed by atoms with van der Waals surface area (Å²) >= 11 is 0. The first-order chi connectivity index (χ1) is 9.15. The van der Waals surface area contributed by atoms with E-state index in [2.05, 4.69) is 15.4 Å². The molecule has 2 fully saturated rings. The largest absolute Gasteiger partial charge is 0.409 e. The molecule has 2 aliphatic rings. The van der Waals surface area contributed by atoms with Crippen molar-refractivity contribution in [2.45, 2.75) is 51.1 Å². The van der Waals surface area contributed by atoms with Crippen molar-refractivity contribution in [3.05, 3.63) is 0 Å². The van der Waals surface area contributed by atoms with Gasteiger partial charge in [-0.3, -0.25) is 9.69 Å². The molecular formula is C13H24N4O2. The van der Waals surface area contributed by atoms with E-state index in [1.165, 1.54) is 12.8 Å². The number of oxime groups is 1. The maximum atomic E-state index is 12.2. The Morgan fingerprint density at radius 2 is 2.26 bits per heavy atom. The second-order valence-corrected chi connectivity index (χ2v) is 5.59. The Balaban J connectivity index is 1.84. The smallest absolute Gasteiger partial charge is 0.231 e. The van der Waals surface area contributed by atoms with Crippen LogP contribution < -0.4 is 11.1 Å². The highest BCUT2D eigenvalue weighted by Gasteiger charge is 2.35. The maximum absolute atomic E-state index is 12.2. The molecule has 0 aromatic rings. The van der Waals surface area contributed by atoms with Gasteiger partial charge in [0.1, 0.15) is 0 Å². The summed E-state index contributed by atoms with van der Waals surface area (Å²) in [7, 11) is 0. The molecule has 1 heterocycles. The van der Waals surface area contributed by atoms with Gasteiger partial charge in [0.2, 0.25) is 5.91 Å². The highest BCUT2D eigenvalue weighted by molar-refractivity contribution is 6.02. The predicted octanol–water partition coefficient (Wildman–Crippen LogP) is 0.502. The molecule has 19 heavy (non-hydrogen) atoms. The fourth-order valence-electron chi connectivity index (χ4n) is 2.75. The van der Waals surface area contributed by atoms with Gasteiger partial charge in [0, 0.05) is 25.2 Å². The van der Waals surface area contributed by atoms with E-state index in [0.29, 0.717) is 6.42 Å². The van der Waals surface area contributed by atoms with Gasteiger partial charge in [-0.2, -0.15) is 0 Å². The van der Waals surface area contributed by atoms with Gasteiger partial charge in [-0.1, -0.05) is 18.5 Å². The van der Waals surface area contributed by atoms with Crippen LogP contribution >= 0.6 is 0 Å². The first kappa shape index (κ1) is 14.1. The van der Waals surface area contributed by atoms with E-state index >= 15 is 0 Å². The van der Waals surface area contributed by atoms with Gasteiger partial charge in [0.15, 0.2) is 5.84 Å². The average molecular weight is 268 g/mol. The van der Waals surface area contributed by atoms with Gasteiger partial charge in [0.25, 0.3) is 0 Å². The molecule has 108 valence electrons. The van der Waals surface area contributed by atoms with E-state index in [-0.39, 0.29) is 17.8 Å². The summed E-state index contributed by atoms with van der Waals surface area (Å²) in [5.41, 5.74) is 5.59. The van der Waals surface area contributed by atoms with Crippen molar-refractivity contribution in [3.63, 3.8) is 0 Å². The third-order valence-corrected chi connectivity index (χ3v) is 4.00. The standard InChI is InChI=1S/C13H24N4O2/c1-2-3-11(12(14)16-19)13(18)15-9-6-7-17(8-9)10-4-5-10/h9-11,19H,2-8H2,1H3,(H2,14,16)(H,15,18). The Morgan fingerprint density at radius 3 is 2.84 bits per heavy atom. The van der Waals surface area contributed by atoms with E-state index in [9.17, 15) is 4.79 Å². The van der Waals surface area contributed by atoms with Crippen LogP contribution in [0.5, 0.6) is 0 Å². The molecule has 1 saturated heterocycles. The second kappa shape index (κ2) is 6.23. The predicted molar refractivity (Wildman–Crippen MR) is 72.9 cm³/mol. The van der Waals surface area contributed by atoms with Crippen LogP contribution in [0.2, 0.25) is 0 Å². The van der Waals surface area contributed by atoms with E-state index in [1.807, 2.05) is 6.92 Å². The number of hydrogen-bond donors (Lipinski definition) is 3. The number of carbonyl (C=O) groups excluding carboxylic acids is 1. The second-order valence-electron chi connectivity index (χ2n) is 5.59. The van der Waals surface area contributed by atoms with Gasteiger partial charge in [0.05, 0.1) is 5.92 Å². The number of rotatable bonds is 6. The summed E-state index contributed by atoms with van der Waals surface area (Å²) in [6, 6.07) is 0.955. The molecule has 1 amide bonds. The van der Waals surface area contributed by atoms with Crippen molar-refractivity contribution < 1.29 is 10.0 Å². The van der Waals surface area contributed by atoms with Crippen molar-refractivity contribution in [2.75, 3.05) is 13.1 Å². The van der Waals surface area contributed by atoms with Crippen molar-refractivity contribution in [2.24, 2.45) is 16.8 Å². The minimum atomic E-state index is -0.509. The highest BCUT2D eigenvalue weighted by Crippen LogP contribution is 2.29. The first-order valence-electron chi connectivity index (χ1n) is 7.17. The van der Waals surface area contributed by atoms with Crippen LogP contribution in [0.25, 0.3) is 0 Å². The minimum Gasteiger partial charge on any atom is -0.409 e. The molecule has 0 aromatic carbocycles. The molecule has 2 atom stereocenters. The van der Waals surface area contributed by atoms with Crippen LogP contribution in [0.15, 0.2) is 5.16 Å². The fraction of sp³-hybridized carbons (Fsp3) is 0.846. The summed E-state index contributed by atoms with van der Waals surface area (Å²) in [5.74, 6) is -0.610. The van der Waals surface area contributed by atoms with Crippen molar-refractivity contribution >= 4 is 11.7 Å². The van der Waals surface area contributed by atoms with Gasteiger partial charge in [-0.15, -0.1) is 0 Å². The minimum absolute atomic E-state index is 0.0106. The molecule has 0 spiro atoms. The van der Waals surface area contributed by atoms with Crippen molar-refractivity contribution in [1.29, 1.82) is 0 Å². The number of likely N-dealkylation sites (tertiary alicyclic amines) is 1. The molecule has 0 radical (unpaired) electrons. The lowest BCUT2D eigenvalue weighted by atomic mass is 10.0. The molecule has 4 N–H and O–H groups in total. The topological polar surface area (TPSA) is 91.0 Å². The third kappa shape index (κ3) is 3.59. The molecule has 2 rings (SSSR count). The number of nitrogens with two attached hydrogens (primary N) is 1. The summed E-state index contributed by atoms with van der Waals surface area (Å²) in [6.07, 6.45) is 5.03. The molecule has 6 nitrogen and oxygen atoms in total. The first-order valence-corrected chi connectivity index (χ1v) is 7.17. The van der Waals surface area contributed by atoms with Crippen molar-refractivity contribution in [1.82, 2.24) is 10.2 Å². The number of nitrogens with one attached hydrogen (secondary N) is 1. The molecular weight excluding hydrogens is 244 g/mol. The van der Waals surface area contributed by atoms with Gasteiger partial charge >= 0.3 is 0 Å².